The van der Waals surface area contributed by atoms with Gasteiger partial charge in [0.05, 0.1) is 0 Å². The van der Waals surface area contributed by atoms with Crippen LogP contribution in [0.2, 0.25) is 0 Å². The predicted octanol–water partition coefficient (Wildman–Crippen LogP) is 5.47. The second-order valence-corrected chi connectivity index (χ2v) is 6.94. The van der Waals surface area contributed by atoms with E-state index in [0.717, 1.165) is 16.0 Å². The van der Waals surface area contributed by atoms with Gasteiger partial charge in [-0.25, -0.2) is 4.79 Å². The number of carboxylic acids is 1. The zero-order valence-electron chi connectivity index (χ0n) is 12.3. The molecule has 0 unspecified atom stereocenters. The van der Waals surface area contributed by atoms with Crippen molar-refractivity contribution in [2.24, 2.45) is 0 Å². The van der Waals surface area contributed by atoms with E-state index in [9.17, 15) is 4.79 Å². The van der Waals surface area contributed by atoms with E-state index < -0.39 is 5.97 Å². The van der Waals surface area contributed by atoms with Crippen LogP contribution in [-0.4, -0.2) is 11.1 Å². The lowest BCUT2D eigenvalue weighted by atomic mass is 9.84. The largest absolute Gasteiger partial charge is 0.477 e. The Bertz CT molecular complexity index is 634. The first kappa shape index (κ1) is 14.3. The Kier molecular flexibility index (Phi) is 4.11. The molecule has 0 bridgehead atoms. The van der Waals surface area contributed by atoms with Crippen molar-refractivity contribution in [3.63, 3.8) is 0 Å². The molecule has 0 atom stereocenters. The quantitative estimate of drug-likeness (QED) is 0.816. The molecule has 1 heterocycles. The lowest BCUT2D eigenvalue weighted by Crippen LogP contribution is -2.04. The maximum absolute atomic E-state index is 11.1. The summed E-state index contributed by atoms with van der Waals surface area (Å²) in [7, 11) is 0. The summed E-state index contributed by atoms with van der Waals surface area (Å²) < 4.78 is 0. The van der Waals surface area contributed by atoms with E-state index in [0.29, 0.717) is 10.8 Å². The molecule has 21 heavy (non-hydrogen) atoms. The van der Waals surface area contributed by atoms with Gasteiger partial charge in [-0.3, -0.25) is 0 Å². The minimum Gasteiger partial charge on any atom is -0.477 e. The summed E-state index contributed by atoms with van der Waals surface area (Å²) in [5, 5.41) is 9.09. The fourth-order valence-corrected chi connectivity index (χ4v) is 4.23. The highest BCUT2D eigenvalue weighted by Gasteiger charge is 2.16. The summed E-state index contributed by atoms with van der Waals surface area (Å²) in [5.74, 6) is -0.125. The molecule has 1 aliphatic rings. The van der Waals surface area contributed by atoms with Crippen molar-refractivity contribution >= 4 is 17.3 Å². The van der Waals surface area contributed by atoms with Crippen molar-refractivity contribution in [2.45, 2.75) is 44.9 Å². The van der Waals surface area contributed by atoms with Crippen LogP contribution >= 0.6 is 11.3 Å². The summed E-state index contributed by atoms with van der Waals surface area (Å²) in [5.41, 5.74) is 3.61. The number of carbonyl (C=O) groups is 1. The van der Waals surface area contributed by atoms with Crippen LogP contribution in [-0.2, 0) is 0 Å². The topological polar surface area (TPSA) is 37.3 Å². The molecule has 1 aromatic heterocycles. The third-order valence-electron chi connectivity index (χ3n) is 4.38. The Hall–Kier alpha value is -1.61. The van der Waals surface area contributed by atoms with Crippen LogP contribution in [0.25, 0.3) is 10.4 Å². The van der Waals surface area contributed by atoms with Gasteiger partial charge in [0.15, 0.2) is 0 Å². The normalized spacial score (nSPS) is 16.0. The molecular formula is C18H20O2S. The zero-order valence-corrected chi connectivity index (χ0v) is 13.1. The minimum absolute atomic E-state index is 0.416. The predicted molar refractivity (Wildman–Crippen MR) is 87.3 cm³/mol. The van der Waals surface area contributed by atoms with Crippen LogP contribution in [0.5, 0.6) is 0 Å². The number of hydrogen-bond acceptors (Lipinski definition) is 2. The molecule has 2 nitrogen and oxygen atoms in total. The lowest BCUT2D eigenvalue weighted by molar-refractivity contribution is 0.0702. The zero-order chi connectivity index (χ0) is 14.8. The van der Waals surface area contributed by atoms with Crippen LogP contribution < -0.4 is 0 Å². The van der Waals surface area contributed by atoms with Crippen molar-refractivity contribution in [3.05, 3.63) is 46.3 Å². The standard InChI is InChI=1S/C18H20O2S/c1-12-11-16(18(19)20)21-17(12)15-9-7-14(8-10-15)13-5-3-2-4-6-13/h7-11,13H,2-6H2,1H3,(H,19,20). The number of aromatic carboxylic acids is 1. The van der Waals surface area contributed by atoms with Crippen LogP contribution in [0.4, 0.5) is 0 Å². The summed E-state index contributed by atoms with van der Waals surface area (Å²) in [6.07, 6.45) is 6.68. The fraction of sp³-hybridized carbons (Fsp3) is 0.389. The summed E-state index contributed by atoms with van der Waals surface area (Å²) >= 11 is 1.36. The van der Waals surface area contributed by atoms with Gasteiger partial charge in [-0.15, -0.1) is 11.3 Å². The molecule has 0 saturated heterocycles. The molecule has 110 valence electrons. The number of carboxylic acid groups (broad SMARTS) is 1. The maximum Gasteiger partial charge on any atom is 0.345 e. The molecule has 0 amide bonds. The van der Waals surface area contributed by atoms with Gasteiger partial charge in [-0.2, -0.15) is 0 Å². The molecule has 0 radical (unpaired) electrons. The fourth-order valence-electron chi connectivity index (χ4n) is 3.22. The number of hydrogen-bond donors (Lipinski definition) is 1. The van der Waals surface area contributed by atoms with Gasteiger partial charge in [0.2, 0.25) is 0 Å². The van der Waals surface area contributed by atoms with E-state index in [1.165, 1.54) is 49.0 Å². The van der Waals surface area contributed by atoms with Crippen molar-refractivity contribution in [2.75, 3.05) is 0 Å². The van der Waals surface area contributed by atoms with Crippen molar-refractivity contribution < 1.29 is 9.90 Å². The van der Waals surface area contributed by atoms with Crippen molar-refractivity contribution in [1.29, 1.82) is 0 Å². The molecule has 1 N–H and O–H groups in total. The molecule has 0 aliphatic heterocycles. The minimum atomic E-state index is -0.840. The van der Waals surface area contributed by atoms with Crippen molar-refractivity contribution in [3.8, 4) is 10.4 Å². The third-order valence-corrected chi connectivity index (χ3v) is 5.65. The van der Waals surface area contributed by atoms with Gasteiger partial charge in [-0.05, 0) is 48.4 Å². The van der Waals surface area contributed by atoms with Gasteiger partial charge in [0, 0.05) is 4.88 Å². The molecule has 3 heteroatoms. The van der Waals surface area contributed by atoms with Crippen molar-refractivity contribution in [1.82, 2.24) is 0 Å². The summed E-state index contributed by atoms with van der Waals surface area (Å²) in [6, 6.07) is 10.5. The summed E-state index contributed by atoms with van der Waals surface area (Å²) in [6.45, 7) is 1.98. The number of thiophene rings is 1. The Morgan fingerprint density at radius 2 is 1.81 bits per heavy atom. The van der Waals surface area contributed by atoms with Gasteiger partial charge in [0.25, 0.3) is 0 Å². The second-order valence-electron chi connectivity index (χ2n) is 5.88. The Morgan fingerprint density at radius 3 is 2.38 bits per heavy atom. The highest BCUT2D eigenvalue weighted by Crippen LogP contribution is 2.36. The van der Waals surface area contributed by atoms with Crippen LogP contribution in [0.3, 0.4) is 0 Å². The number of benzene rings is 1. The van der Waals surface area contributed by atoms with Gasteiger partial charge >= 0.3 is 5.97 Å². The first-order chi connectivity index (χ1) is 10.1. The van der Waals surface area contributed by atoms with E-state index in [1.807, 2.05) is 6.92 Å². The van der Waals surface area contributed by atoms with Gasteiger partial charge in [-0.1, -0.05) is 43.5 Å². The first-order valence-corrected chi connectivity index (χ1v) is 8.41. The highest BCUT2D eigenvalue weighted by molar-refractivity contribution is 7.17. The number of aryl methyl sites for hydroxylation is 1. The maximum atomic E-state index is 11.1. The Morgan fingerprint density at radius 1 is 1.14 bits per heavy atom. The van der Waals surface area contributed by atoms with Gasteiger partial charge < -0.3 is 5.11 Å². The highest BCUT2D eigenvalue weighted by atomic mass is 32.1. The molecule has 2 aromatic rings. The van der Waals surface area contributed by atoms with Crippen LogP contribution in [0.1, 0.15) is 58.8 Å². The molecule has 1 fully saturated rings. The van der Waals surface area contributed by atoms with Crippen LogP contribution in [0, 0.1) is 6.92 Å². The van der Waals surface area contributed by atoms with E-state index in [1.54, 1.807) is 6.07 Å². The number of rotatable bonds is 3. The molecular weight excluding hydrogens is 280 g/mol. The van der Waals surface area contributed by atoms with E-state index in [4.69, 9.17) is 5.11 Å². The third kappa shape index (κ3) is 3.03. The van der Waals surface area contributed by atoms with Crippen LogP contribution in [0.15, 0.2) is 30.3 Å². The van der Waals surface area contributed by atoms with E-state index >= 15 is 0 Å². The van der Waals surface area contributed by atoms with Gasteiger partial charge in [0.1, 0.15) is 4.88 Å². The lowest BCUT2D eigenvalue weighted by Gasteiger charge is -2.22. The SMILES string of the molecule is Cc1cc(C(=O)O)sc1-c1ccc(C2CCCCC2)cc1. The van der Waals surface area contributed by atoms with E-state index in [2.05, 4.69) is 24.3 Å². The second kappa shape index (κ2) is 6.02. The molecule has 3 rings (SSSR count). The average molecular weight is 300 g/mol. The Labute approximate surface area is 129 Å². The van der Waals surface area contributed by atoms with E-state index in [-0.39, 0.29) is 0 Å². The molecule has 1 aliphatic carbocycles. The molecule has 1 aromatic carbocycles. The average Bonchev–Trinajstić information content (AvgIpc) is 2.91. The first-order valence-electron chi connectivity index (χ1n) is 7.59. The molecule has 1 saturated carbocycles. The molecule has 0 spiro atoms. The monoisotopic (exact) mass is 300 g/mol. The summed E-state index contributed by atoms with van der Waals surface area (Å²) in [4.78, 5) is 12.6. The smallest absolute Gasteiger partial charge is 0.345 e. The Balaban J connectivity index is 1.85.